The van der Waals surface area contributed by atoms with Crippen molar-refractivity contribution in [2.45, 2.75) is 46.1 Å². The van der Waals surface area contributed by atoms with Crippen LogP contribution in [0.15, 0.2) is 29.3 Å². The topological polar surface area (TPSA) is 67.8 Å². The third-order valence-corrected chi connectivity index (χ3v) is 3.52. The molecule has 0 aliphatic carbocycles. The molecule has 1 amide bonds. The number of hydrogen-bond donors (Lipinski definition) is 1. The Balaban J connectivity index is 2.48. The third kappa shape index (κ3) is 4.58. The number of hydrogen-bond acceptors (Lipinski definition) is 4. The molecule has 0 bridgehead atoms. The lowest BCUT2D eigenvalue weighted by Crippen LogP contribution is -2.40. The SMILES string of the molecule is CC(C)c1ncncc1-c1cc(C(=O)NC(C)(C)C)cc(Br)n1. The van der Waals surface area contributed by atoms with E-state index in [9.17, 15) is 4.79 Å². The van der Waals surface area contributed by atoms with Crippen molar-refractivity contribution in [3.05, 3.63) is 40.5 Å². The Morgan fingerprint density at radius 3 is 2.57 bits per heavy atom. The summed E-state index contributed by atoms with van der Waals surface area (Å²) in [5, 5.41) is 2.96. The van der Waals surface area contributed by atoms with Gasteiger partial charge in [-0.2, -0.15) is 0 Å². The van der Waals surface area contributed by atoms with E-state index >= 15 is 0 Å². The maximum atomic E-state index is 12.4. The van der Waals surface area contributed by atoms with Crippen LogP contribution in [0, 0.1) is 0 Å². The van der Waals surface area contributed by atoms with Crippen LogP contribution in [0.3, 0.4) is 0 Å². The standard InChI is InChI=1S/C17H21BrN4O/c1-10(2)15-12(8-19-9-20-15)13-6-11(7-14(18)21-13)16(23)22-17(3,4)5/h6-10H,1-5H3,(H,22,23). The fraction of sp³-hybridized carbons (Fsp3) is 0.412. The molecular weight excluding hydrogens is 356 g/mol. The highest BCUT2D eigenvalue weighted by molar-refractivity contribution is 9.10. The highest BCUT2D eigenvalue weighted by Gasteiger charge is 2.18. The molecule has 0 radical (unpaired) electrons. The second kappa shape index (κ2) is 6.74. The summed E-state index contributed by atoms with van der Waals surface area (Å²) >= 11 is 3.39. The first-order chi connectivity index (χ1) is 10.7. The van der Waals surface area contributed by atoms with E-state index in [2.05, 4.69) is 50.0 Å². The predicted molar refractivity (Wildman–Crippen MR) is 94.3 cm³/mol. The lowest BCUT2D eigenvalue weighted by Gasteiger charge is -2.20. The maximum absolute atomic E-state index is 12.4. The average Bonchev–Trinajstić information content (AvgIpc) is 2.44. The molecule has 0 aliphatic rings. The van der Waals surface area contributed by atoms with Gasteiger partial charge < -0.3 is 5.32 Å². The smallest absolute Gasteiger partial charge is 0.251 e. The summed E-state index contributed by atoms with van der Waals surface area (Å²) in [7, 11) is 0. The van der Waals surface area contributed by atoms with Gasteiger partial charge in [-0.3, -0.25) is 4.79 Å². The minimum Gasteiger partial charge on any atom is -0.347 e. The molecule has 2 rings (SSSR count). The molecule has 1 N–H and O–H groups in total. The van der Waals surface area contributed by atoms with Crippen LogP contribution in [0.2, 0.25) is 0 Å². The van der Waals surface area contributed by atoms with Gasteiger partial charge in [0.2, 0.25) is 0 Å². The lowest BCUT2D eigenvalue weighted by molar-refractivity contribution is 0.0919. The van der Waals surface area contributed by atoms with Gasteiger partial charge >= 0.3 is 0 Å². The summed E-state index contributed by atoms with van der Waals surface area (Å²) in [4.78, 5) is 25.4. The summed E-state index contributed by atoms with van der Waals surface area (Å²) in [6.45, 7) is 9.98. The van der Waals surface area contributed by atoms with Crippen molar-refractivity contribution in [3.63, 3.8) is 0 Å². The molecule has 0 atom stereocenters. The van der Waals surface area contributed by atoms with Crippen LogP contribution in [0.5, 0.6) is 0 Å². The second-order valence-electron chi connectivity index (χ2n) is 6.74. The molecule has 122 valence electrons. The molecule has 0 saturated heterocycles. The Hall–Kier alpha value is -1.82. The highest BCUT2D eigenvalue weighted by Crippen LogP contribution is 2.27. The van der Waals surface area contributed by atoms with E-state index in [0.29, 0.717) is 15.9 Å². The first kappa shape index (κ1) is 17.5. The Kier molecular flexibility index (Phi) is 5.14. The number of carbonyl (C=O) groups excluding carboxylic acids is 1. The number of rotatable bonds is 3. The summed E-state index contributed by atoms with van der Waals surface area (Å²) < 4.78 is 0.604. The van der Waals surface area contributed by atoms with E-state index in [-0.39, 0.29) is 17.4 Å². The molecule has 0 unspecified atom stereocenters. The Labute approximate surface area is 145 Å². The van der Waals surface area contributed by atoms with Gasteiger partial charge in [-0.15, -0.1) is 0 Å². The minimum atomic E-state index is -0.300. The van der Waals surface area contributed by atoms with Gasteiger partial charge in [-0.1, -0.05) is 13.8 Å². The van der Waals surface area contributed by atoms with Crippen LogP contribution in [-0.2, 0) is 0 Å². The molecule has 2 heterocycles. The monoisotopic (exact) mass is 376 g/mol. The van der Waals surface area contributed by atoms with Crippen LogP contribution in [0.4, 0.5) is 0 Å². The Morgan fingerprint density at radius 1 is 1.26 bits per heavy atom. The number of nitrogens with one attached hydrogen (secondary N) is 1. The Bertz CT molecular complexity index is 723. The van der Waals surface area contributed by atoms with Gasteiger partial charge in [-0.25, -0.2) is 15.0 Å². The van der Waals surface area contributed by atoms with Crippen LogP contribution in [0.25, 0.3) is 11.3 Å². The molecule has 2 aromatic rings. The van der Waals surface area contributed by atoms with Crippen molar-refractivity contribution in [2.75, 3.05) is 0 Å². The summed E-state index contributed by atoms with van der Waals surface area (Å²) in [6, 6.07) is 3.49. The highest BCUT2D eigenvalue weighted by atomic mass is 79.9. The first-order valence-corrected chi connectivity index (χ1v) is 8.27. The van der Waals surface area contributed by atoms with Crippen molar-refractivity contribution >= 4 is 21.8 Å². The Morgan fingerprint density at radius 2 is 1.96 bits per heavy atom. The van der Waals surface area contributed by atoms with Crippen LogP contribution in [0.1, 0.15) is 56.6 Å². The summed E-state index contributed by atoms with van der Waals surface area (Å²) in [6.07, 6.45) is 3.27. The van der Waals surface area contributed by atoms with Crippen molar-refractivity contribution in [1.29, 1.82) is 0 Å². The third-order valence-electron chi connectivity index (χ3n) is 3.11. The predicted octanol–water partition coefficient (Wildman–Crippen LogP) is 3.95. The van der Waals surface area contributed by atoms with Crippen molar-refractivity contribution in [2.24, 2.45) is 0 Å². The van der Waals surface area contributed by atoms with E-state index in [0.717, 1.165) is 11.3 Å². The van der Waals surface area contributed by atoms with Gasteiger partial charge in [-0.05, 0) is 54.8 Å². The number of aromatic nitrogens is 3. The molecule has 0 saturated carbocycles. The minimum absolute atomic E-state index is 0.134. The first-order valence-electron chi connectivity index (χ1n) is 7.48. The lowest BCUT2D eigenvalue weighted by atomic mass is 10.0. The second-order valence-corrected chi connectivity index (χ2v) is 7.56. The molecule has 0 aromatic carbocycles. The number of amides is 1. The largest absolute Gasteiger partial charge is 0.347 e. The zero-order chi connectivity index (χ0) is 17.2. The molecule has 0 fully saturated rings. The van der Waals surface area contributed by atoms with E-state index < -0.39 is 0 Å². The van der Waals surface area contributed by atoms with Crippen molar-refractivity contribution in [3.8, 4) is 11.3 Å². The molecule has 0 aliphatic heterocycles. The molecule has 6 heteroatoms. The van der Waals surface area contributed by atoms with Gasteiger partial charge in [0, 0.05) is 22.9 Å². The quantitative estimate of drug-likeness (QED) is 0.823. The van der Waals surface area contributed by atoms with Gasteiger partial charge in [0.25, 0.3) is 5.91 Å². The number of halogens is 1. The normalized spacial score (nSPS) is 11.6. The summed E-state index contributed by atoms with van der Waals surface area (Å²) in [5.41, 5.74) is 2.69. The van der Waals surface area contributed by atoms with Crippen LogP contribution >= 0.6 is 15.9 Å². The van der Waals surface area contributed by atoms with Crippen molar-refractivity contribution < 1.29 is 4.79 Å². The maximum Gasteiger partial charge on any atom is 0.251 e. The average molecular weight is 377 g/mol. The zero-order valence-corrected chi connectivity index (χ0v) is 15.6. The molecule has 2 aromatic heterocycles. The van der Waals surface area contributed by atoms with Gasteiger partial charge in [0.1, 0.15) is 10.9 Å². The fourth-order valence-electron chi connectivity index (χ4n) is 2.18. The number of carbonyl (C=O) groups is 1. The van der Waals surface area contributed by atoms with Crippen molar-refractivity contribution in [1.82, 2.24) is 20.3 Å². The van der Waals surface area contributed by atoms with Gasteiger partial charge in [0.15, 0.2) is 0 Å². The van der Waals surface area contributed by atoms with Crippen LogP contribution < -0.4 is 5.32 Å². The van der Waals surface area contributed by atoms with Crippen LogP contribution in [-0.4, -0.2) is 26.4 Å². The van der Waals surface area contributed by atoms with Gasteiger partial charge in [0.05, 0.1) is 11.4 Å². The molecule has 23 heavy (non-hydrogen) atoms. The van der Waals surface area contributed by atoms with E-state index in [4.69, 9.17) is 0 Å². The molecule has 0 spiro atoms. The number of nitrogens with zero attached hydrogens (tertiary/aromatic N) is 3. The zero-order valence-electron chi connectivity index (χ0n) is 14.0. The van der Waals surface area contributed by atoms with E-state index in [1.54, 1.807) is 18.3 Å². The summed E-state index contributed by atoms with van der Waals surface area (Å²) in [5.74, 6) is 0.102. The molecule has 5 nitrogen and oxygen atoms in total. The fourth-order valence-corrected chi connectivity index (χ4v) is 2.61. The van der Waals surface area contributed by atoms with E-state index in [1.165, 1.54) is 6.33 Å². The number of pyridine rings is 1. The molecular formula is C17H21BrN4O. The van der Waals surface area contributed by atoms with E-state index in [1.807, 2.05) is 20.8 Å².